The summed E-state index contributed by atoms with van der Waals surface area (Å²) < 4.78 is 0. The molecule has 3 rings (SSSR count). The fraction of sp³-hybridized carbons (Fsp3) is 0.462. The van der Waals surface area contributed by atoms with Crippen LogP contribution in [-0.4, -0.2) is 24.0 Å². The van der Waals surface area contributed by atoms with Crippen LogP contribution in [0, 0.1) is 5.92 Å². The number of hydrogen-bond donors (Lipinski definition) is 0. The Hall–Kier alpha value is -0.960. The van der Waals surface area contributed by atoms with Gasteiger partial charge in [0.25, 0.3) is 0 Å². The first-order chi connectivity index (χ1) is 7.86. The van der Waals surface area contributed by atoms with E-state index in [1.165, 1.54) is 5.56 Å². The van der Waals surface area contributed by atoms with Crippen molar-refractivity contribution < 1.29 is 4.79 Å². The zero-order valence-electron chi connectivity index (χ0n) is 9.19. The Kier molecular flexibility index (Phi) is 2.64. The van der Waals surface area contributed by atoms with Gasteiger partial charge in [-0.1, -0.05) is 18.2 Å². The molecule has 84 valence electrons. The highest BCUT2D eigenvalue weighted by atomic mass is 32.2. The summed E-state index contributed by atoms with van der Waals surface area (Å²) in [6, 6.07) is 8.28. The largest absolute Gasteiger partial charge is 0.312 e. The lowest BCUT2D eigenvalue weighted by Crippen LogP contribution is -2.34. The molecule has 2 aliphatic rings. The van der Waals surface area contributed by atoms with Crippen LogP contribution in [0.2, 0.25) is 0 Å². The van der Waals surface area contributed by atoms with Gasteiger partial charge in [0.15, 0.2) is 0 Å². The van der Waals surface area contributed by atoms with E-state index >= 15 is 0 Å². The van der Waals surface area contributed by atoms with E-state index in [0.29, 0.717) is 5.91 Å². The maximum Gasteiger partial charge on any atom is 0.230 e. The highest BCUT2D eigenvalue weighted by molar-refractivity contribution is 7.99. The van der Waals surface area contributed by atoms with E-state index in [9.17, 15) is 4.79 Å². The average molecular weight is 233 g/mol. The second kappa shape index (κ2) is 4.13. The van der Waals surface area contributed by atoms with Crippen molar-refractivity contribution >= 4 is 23.4 Å². The minimum atomic E-state index is 0.260. The number of anilines is 1. The molecule has 1 saturated heterocycles. The molecule has 16 heavy (non-hydrogen) atoms. The van der Waals surface area contributed by atoms with E-state index in [2.05, 4.69) is 18.2 Å². The summed E-state index contributed by atoms with van der Waals surface area (Å²) in [6.07, 6.45) is 2.07. The molecule has 0 spiro atoms. The van der Waals surface area contributed by atoms with Crippen LogP contribution >= 0.6 is 11.8 Å². The van der Waals surface area contributed by atoms with E-state index < -0.39 is 0 Å². The molecule has 0 bridgehead atoms. The Morgan fingerprint density at radius 1 is 1.38 bits per heavy atom. The standard InChI is InChI=1S/C13H15NOS/c15-13(11-6-8-16-9-11)14-7-5-10-3-1-2-4-12(10)14/h1-4,11H,5-9H2. The zero-order valence-corrected chi connectivity index (χ0v) is 10.0. The van der Waals surface area contributed by atoms with Gasteiger partial charge in [-0.25, -0.2) is 0 Å². The monoisotopic (exact) mass is 233 g/mol. The van der Waals surface area contributed by atoms with Gasteiger partial charge in [0.2, 0.25) is 5.91 Å². The number of para-hydroxylation sites is 1. The first-order valence-electron chi connectivity index (χ1n) is 5.83. The van der Waals surface area contributed by atoms with Crippen LogP contribution in [-0.2, 0) is 11.2 Å². The first-order valence-corrected chi connectivity index (χ1v) is 6.99. The topological polar surface area (TPSA) is 20.3 Å². The van der Waals surface area contributed by atoms with E-state index in [-0.39, 0.29) is 5.92 Å². The lowest BCUT2D eigenvalue weighted by Gasteiger charge is -2.20. The van der Waals surface area contributed by atoms with Gasteiger partial charge in [-0.2, -0.15) is 11.8 Å². The molecule has 1 aromatic rings. The third-order valence-corrected chi connectivity index (χ3v) is 4.59. The third kappa shape index (κ3) is 1.63. The van der Waals surface area contributed by atoms with Gasteiger partial charge in [-0.05, 0) is 30.2 Å². The van der Waals surface area contributed by atoms with Gasteiger partial charge >= 0.3 is 0 Å². The predicted octanol–water partition coefficient (Wildman–Crippen LogP) is 2.33. The van der Waals surface area contributed by atoms with Crippen molar-refractivity contribution in [3.8, 4) is 0 Å². The van der Waals surface area contributed by atoms with Crippen LogP contribution in [0.15, 0.2) is 24.3 Å². The predicted molar refractivity (Wildman–Crippen MR) is 67.9 cm³/mol. The molecular formula is C13H15NOS. The second-order valence-electron chi connectivity index (χ2n) is 4.43. The van der Waals surface area contributed by atoms with Crippen molar-refractivity contribution in [1.82, 2.24) is 0 Å². The maximum absolute atomic E-state index is 12.3. The van der Waals surface area contributed by atoms with Crippen molar-refractivity contribution in [3.05, 3.63) is 29.8 Å². The summed E-state index contributed by atoms with van der Waals surface area (Å²) >= 11 is 1.90. The molecule has 2 aliphatic heterocycles. The number of nitrogens with zero attached hydrogens (tertiary/aromatic N) is 1. The highest BCUT2D eigenvalue weighted by Gasteiger charge is 2.31. The van der Waals surface area contributed by atoms with Crippen molar-refractivity contribution in [3.63, 3.8) is 0 Å². The summed E-state index contributed by atoms with van der Waals surface area (Å²) in [7, 11) is 0. The first kappa shape index (κ1) is 10.2. The Morgan fingerprint density at radius 3 is 3.06 bits per heavy atom. The number of hydrogen-bond acceptors (Lipinski definition) is 2. The quantitative estimate of drug-likeness (QED) is 0.742. The smallest absolute Gasteiger partial charge is 0.230 e. The molecule has 3 heteroatoms. The molecule has 1 atom stereocenters. The summed E-state index contributed by atoms with van der Waals surface area (Å²) in [6.45, 7) is 0.874. The van der Waals surface area contributed by atoms with Crippen LogP contribution in [0.5, 0.6) is 0 Å². The van der Waals surface area contributed by atoms with Crippen LogP contribution in [0.3, 0.4) is 0 Å². The fourth-order valence-electron chi connectivity index (χ4n) is 2.52. The molecule has 1 amide bonds. The fourth-order valence-corrected chi connectivity index (χ4v) is 3.73. The molecular weight excluding hydrogens is 218 g/mol. The van der Waals surface area contributed by atoms with Crippen LogP contribution < -0.4 is 4.90 Å². The molecule has 2 heterocycles. The highest BCUT2D eigenvalue weighted by Crippen LogP contribution is 2.32. The van der Waals surface area contributed by atoms with Gasteiger partial charge in [-0.3, -0.25) is 4.79 Å². The minimum Gasteiger partial charge on any atom is -0.312 e. The van der Waals surface area contributed by atoms with E-state index in [1.54, 1.807) is 0 Å². The van der Waals surface area contributed by atoms with E-state index in [4.69, 9.17) is 0 Å². The molecule has 0 aromatic heterocycles. The van der Waals surface area contributed by atoms with Crippen molar-refractivity contribution in [2.24, 2.45) is 5.92 Å². The Morgan fingerprint density at radius 2 is 2.25 bits per heavy atom. The van der Waals surface area contributed by atoms with Crippen molar-refractivity contribution in [2.75, 3.05) is 23.0 Å². The van der Waals surface area contributed by atoms with Crippen LogP contribution in [0.1, 0.15) is 12.0 Å². The Balaban J connectivity index is 1.84. The molecule has 1 aromatic carbocycles. The van der Waals surface area contributed by atoms with Crippen LogP contribution in [0.25, 0.3) is 0 Å². The minimum absolute atomic E-state index is 0.260. The lowest BCUT2D eigenvalue weighted by atomic mass is 10.1. The Labute approximate surface area is 100 Å². The molecule has 2 nitrogen and oxygen atoms in total. The van der Waals surface area contributed by atoms with Gasteiger partial charge in [0, 0.05) is 23.9 Å². The summed E-state index contributed by atoms with van der Waals surface area (Å²) in [5.74, 6) is 2.76. The maximum atomic E-state index is 12.3. The molecule has 1 fully saturated rings. The zero-order chi connectivity index (χ0) is 11.0. The average Bonchev–Trinajstić information content (AvgIpc) is 2.98. The molecule has 0 saturated carbocycles. The second-order valence-corrected chi connectivity index (χ2v) is 5.58. The molecule has 0 radical (unpaired) electrons. The summed E-state index contributed by atoms with van der Waals surface area (Å²) in [5.41, 5.74) is 2.46. The van der Waals surface area contributed by atoms with Crippen molar-refractivity contribution in [2.45, 2.75) is 12.8 Å². The van der Waals surface area contributed by atoms with E-state index in [0.717, 1.165) is 36.6 Å². The number of fused-ring (bicyclic) bond motifs is 1. The van der Waals surface area contributed by atoms with E-state index in [1.807, 2.05) is 22.7 Å². The van der Waals surface area contributed by atoms with Gasteiger partial charge in [0.05, 0.1) is 0 Å². The summed E-state index contributed by atoms with van der Waals surface area (Å²) in [5, 5.41) is 0. The van der Waals surface area contributed by atoms with Gasteiger partial charge < -0.3 is 4.90 Å². The van der Waals surface area contributed by atoms with Crippen LogP contribution in [0.4, 0.5) is 5.69 Å². The normalized spacial score (nSPS) is 23.5. The number of carbonyl (C=O) groups is 1. The SMILES string of the molecule is O=C(C1CCSC1)N1CCc2ccccc21. The Bertz CT molecular complexity index is 412. The molecule has 0 N–H and O–H groups in total. The summed E-state index contributed by atoms with van der Waals surface area (Å²) in [4.78, 5) is 14.3. The number of carbonyl (C=O) groups excluding carboxylic acids is 1. The third-order valence-electron chi connectivity index (χ3n) is 3.43. The molecule has 1 unspecified atom stereocenters. The van der Waals surface area contributed by atoms with Crippen molar-refractivity contribution in [1.29, 1.82) is 0 Å². The number of thioether (sulfide) groups is 1. The van der Waals surface area contributed by atoms with Gasteiger partial charge in [-0.15, -0.1) is 0 Å². The number of amides is 1. The lowest BCUT2D eigenvalue weighted by molar-refractivity contribution is -0.121. The number of rotatable bonds is 1. The molecule has 0 aliphatic carbocycles. The number of benzene rings is 1. The van der Waals surface area contributed by atoms with Gasteiger partial charge in [0.1, 0.15) is 0 Å².